The summed E-state index contributed by atoms with van der Waals surface area (Å²) in [5.74, 6) is -1.51. The van der Waals surface area contributed by atoms with E-state index in [0.29, 0.717) is 0 Å². The molecule has 16 heavy (non-hydrogen) atoms. The van der Waals surface area contributed by atoms with E-state index in [-0.39, 0.29) is 6.04 Å². The van der Waals surface area contributed by atoms with Gasteiger partial charge in [-0.25, -0.2) is 4.79 Å². The van der Waals surface area contributed by atoms with Crippen LogP contribution in [0.2, 0.25) is 0 Å². The van der Waals surface area contributed by atoms with Gasteiger partial charge in [0.2, 0.25) is 0 Å². The Labute approximate surface area is 93.4 Å². The summed E-state index contributed by atoms with van der Waals surface area (Å²) in [5.41, 5.74) is 0. The number of esters is 2. The minimum Gasteiger partial charge on any atom is -0.469 e. The van der Waals surface area contributed by atoms with Gasteiger partial charge in [0.1, 0.15) is 5.92 Å². The van der Waals surface area contributed by atoms with Gasteiger partial charge in [-0.3, -0.25) is 9.63 Å². The first-order chi connectivity index (χ1) is 7.69. The zero-order valence-corrected chi connectivity index (χ0v) is 9.34. The number of ether oxygens (including phenoxy) is 2. The number of fused-ring (bicyclic) bond motifs is 1. The highest BCUT2D eigenvalue weighted by Crippen LogP contribution is 2.36. The van der Waals surface area contributed by atoms with Gasteiger partial charge < -0.3 is 9.47 Å². The zero-order valence-electron chi connectivity index (χ0n) is 9.34. The van der Waals surface area contributed by atoms with E-state index in [1.165, 1.54) is 14.2 Å². The maximum atomic E-state index is 11.7. The third kappa shape index (κ3) is 1.68. The van der Waals surface area contributed by atoms with E-state index in [1.54, 1.807) is 5.06 Å². The van der Waals surface area contributed by atoms with Crippen molar-refractivity contribution < 1.29 is 23.9 Å². The molecular weight excluding hydrogens is 214 g/mol. The molecule has 2 saturated heterocycles. The molecule has 3 atom stereocenters. The Hall–Kier alpha value is -1.14. The Bertz CT molecular complexity index is 306. The van der Waals surface area contributed by atoms with Crippen molar-refractivity contribution in [3.8, 4) is 0 Å². The molecule has 0 aromatic rings. The van der Waals surface area contributed by atoms with Crippen molar-refractivity contribution in [2.24, 2.45) is 5.92 Å². The van der Waals surface area contributed by atoms with Gasteiger partial charge in [-0.2, -0.15) is 5.06 Å². The highest BCUT2D eigenvalue weighted by atomic mass is 16.7. The lowest BCUT2D eigenvalue weighted by atomic mass is 9.93. The fraction of sp³-hybridized carbons (Fsp3) is 0.800. The number of hydrogen-bond acceptors (Lipinski definition) is 6. The molecule has 6 heteroatoms. The Balaban J connectivity index is 2.19. The van der Waals surface area contributed by atoms with E-state index in [1.807, 2.05) is 0 Å². The molecule has 0 saturated carbocycles. The van der Waals surface area contributed by atoms with Crippen molar-refractivity contribution in [2.45, 2.75) is 25.0 Å². The fourth-order valence-corrected chi connectivity index (χ4v) is 2.39. The molecule has 2 heterocycles. The van der Waals surface area contributed by atoms with Crippen LogP contribution in [0.3, 0.4) is 0 Å². The minimum absolute atomic E-state index is 0.0588. The van der Waals surface area contributed by atoms with Crippen molar-refractivity contribution in [3.05, 3.63) is 0 Å². The topological polar surface area (TPSA) is 65.1 Å². The van der Waals surface area contributed by atoms with Crippen molar-refractivity contribution >= 4 is 11.9 Å². The minimum atomic E-state index is -0.859. The van der Waals surface area contributed by atoms with E-state index in [9.17, 15) is 9.59 Å². The number of carbonyl (C=O) groups is 2. The average molecular weight is 229 g/mol. The standard InChI is InChI=1S/C10H15NO5/c1-14-9(12)7-6-4-3-5-11(6)16-8(7)10(13)15-2/h6-8H,3-5H2,1-2H3/t6-,7-,8+/m0/s1. The molecule has 0 aromatic carbocycles. The van der Waals surface area contributed by atoms with Crippen LogP contribution < -0.4 is 0 Å². The van der Waals surface area contributed by atoms with Crippen LogP contribution in [0.15, 0.2) is 0 Å². The predicted molar refractivity (Wildman–Crippen MR) is 52.1 cm³/mol. The molecule has 0 spiro atoms. The molecule has 2 aliphatic heterocycles. The summed E-state index contributed by atoms with van der Waals surface area (Å²) in [6.07, 6.45) is 0.946. The molecule has 90 valence electrons. The molecule has 2 rings (SSSR count). The second kappa shape index (κ2) is 4.39. The van der Waals surface area contributed by atoms with Crippen LogP contribution in [0, 0.1) is 5.92 Å². The second-order valence-electron chi connectivity index (χ2n) is 3.95. The summed E-state index contributed by atoms with van der Waals surface area (Å²) in [4.78, 5) is 28.6. The van der Waals surface area contributed by atoms with Gasteiger partial charge in [0, 0.05) is 6.54 Å². The molecule has 0 N–H and O–H groups in total. The van der Waals surface area contributed by atoms with Crippen LogP contribution in [0.4, 0.5) is 0 Å². The van der Waals surface area contributed by atoms with Gasteiger partial charge in [0.15, 0.2) is 6.10 Å². The summed E-state index contributed by atoms with van der Waals surface area (Å²) in [6, 6.07) is -0.0588. The average Bonchev–Trinajstić information content (AvgIpc) is 2.86. The number of hydroxylamine groups is 2. The maximum absolute atomic E-state index is 11.7. The first-order valence-corrected chi connectivity index (χ1v) is 5.28. The van der Waals surface area contributed by atoms with Crippen molar-refractivity contribution in [1.82, 2.24) is 5.06 Å². The summed E-state index contributed by atoms with van der Waals surface area (Å²) in [6.45, 7) is 0.742. The highest BCUT2D eigenvalue weighted by molar-refractivity contribution is 5.84. The fourth-order valence-electron chi connectivity index (χ4n) is 2.39. The molecule has 0 amide bonds. The van der Waals surface area contributed by atoms with E-state index in [2.05, 4.69) is 4.74 Å². The largest absolute Gasteiger partial charge is 0.469 e. The van der Waals surface area contributed by atoms with E-state index in [0.717, 1.165) is 19.4 Å². The Morgan fingerprint density at radius 2 is 1.94 bits per heavy atom. The quantitative estimate of drug-likeness (QED) is 0.607. The Kier molecular flexibility index (Phi) is 3.11. The molecule has 0 bridgehead atoms. The Morgan fingerprint density at radius 3 is 2.56 bits per heavy atom. The number of hydrogen-bond donors (Lipinski definition) is 0. The smallest absolute Gasteiger partial charge is 0.338 e. The van der Waals surface area contributed by atoms with Crippen LogP contribution in [-0.2, 0) is 23.9 Å². The van der Waals surface area contributed by atoms with Gasteiger partial charge in [0.25, 0.3) is 0 Å². The number of nitrogens with zero attached hydrogens (tertiary/aromatic N) is 1. The second-order valence-corrected chi connectivity index (χ2v) is 3.95. The molecule has 0 radical (unpaired) electrons. The molecule has 0 unspecified atom stereocenters. The van der Waals surface area contributed by atoms with Crippen LogP contribution in [0.1, 0.15) is 12.8 Å². The molecule has 6 nitrogen and oxygen atoms in total. The number of methoxy groups -OCH3 is 2. The first-order valence-electron chi connectivity index (χ1n) is 5.28. The number of rotatable bonds is 2. The van der Waals surface area contributed by atoms with Crippen molar-refractivity contribution in [2.75, 3.05) is 20.8 Å². The van der Waals surface area contributed by atoms with Gasteiger partial charge in [-0.15, -0.1) is 0 Å². The van der Waals surface area contributed by atoms with E-state index in [4.69, 9.17) is 9.57 Å². The molecule has 2 fully saturated rings. The first kappa shape index (κ1) is 11.3. The molecule has 2 aliphatic rings. The summed E-state index contributed by atoms with van der Waals surface area (Å²) in [5, 5.41) is 1.70. The van der Waals surface area contributed by atoms with Gasteiger partial charge in [-0.1, -0.05) is 0 Å². The molecular formula is C10H15NO5. The summed E-state index contributed by atoms with van der Waals surface area (Å²) >= 11 is 0. The molecule has 0 aliphatic carbocycles. The van der Waals surface area contributed by atoms with Crippen LogP contribution in [0.25, 0.3) is 0 Å². The lowest BCUT2D eigenvalue weighted by molar-refractivity contribution is -0.184. The predicted octanol–water partition coefficient (Wildman–Crippen LogP) is -0.273. The lowest BCUT2D eigenvalue weighted by Gasteiger charge is -2.16. The zero-order chi connectivity index (χ0) is 11.7. The molecule has 0 aromatic heterocycles. The van der Waals surface area contributed by atoms with Gasteiger partial charge >= 0.3 is 11.9 Å². The third-order valence-electron chi connectivity index (χ3n) is 3.14. The monoisotopic (exact) mass is 229 g/mol. The van der Waals surface area contributed by atoms with Crippen molar-refractivity contribution in [1.29, 1.82) is 0 Å². The van der Waals surface area contributed by atoms with Crippen LogP contribution >= 0.6 is 0 Å². The van der Waals surface area contributed by atoms with Gasteiger partial charge in [-0.05, 0) is 12.8 Å². The van der Waals surface area contributed by atoms with Crippen LogP contribution in [-0.4, -0.2) is 49.9 Å². The number of carbonyl (C=O) groups excluding carboxylic acids is 2. The lowest BCUT2D eigenvalue weighted by Crippen LogP contribution is -2.38. The third-order valence-corrected chi connectivity index (χ3v) is 3.14. The maximum Gasteiger partial charge on any atom is 0.338 e. The SMILES string of the molecule is COC(=O)[C@@H]1[C@H](C(=O)OC)ON2CCC[C@@H]12. The van der Waals surface area contributed by atoms with Crippen molar-refractivity contribution in [3.63, 3.8) is 0 Å². The van der Waals surface area contributed by atoms with E-state index < -0.39 is 24.0 Å². The summed E-state index contributed by atoms with van der Waals surface area (Å²) in [7, 11) is 2.59. The van der Waals surface area contributed by atoms with Gasteiger partial charge in [0.05, 0.1) is 20.3 Å². The Morgan fingerprint density at radius 1 is 1.25 bits per heavy atom. The normalized spacial score (nSPS) is 33.5. The van der Waals surface area contributed by atoms with E-state index >= 15 is 0 Å². The highest BCUT2D eigenvalue weighted by Gasteiger charge is 2.53. The summed E-state index contributed by atoms with van der Waals surface area (Å²) < 4.78 is 9.34. The van der Waals surface area contributed by atoms with Crippen LogP contribution in [0.5, 0.6) is 0 Å².